The zero-order chi connectivity index (χ0) is 39.7. The maximum absolute atomic E-state index is 14.3. The smallest absolute Gasteiger partial charge is 0.311 e. The molecule has 1 spiro atoms. The van der Waals surface area contributed by atoms with Gasteiger partial charge in [-0.15, -0.1) is 0 Å². The molecule has 0 aliphatic carbocycles. The lowest BCUT2D eigenvalue weighted by Crippen LogP contribution is -2.60. The van der Waals surface area contributed by atoms with E-state index >= 15 is 0 Å². The van der Waals surface area contributed by atoms with Gasteiger partial charge in [0.25, 0.3) is 0 Å². The number of hydrogen-bond donors (Lipinski definition) is 3. The van der Waals surface area contributed by atoms with E-state index in [0.717, 1.165) is 5.69 Å². The summed E-state index contributed by atoms with van der Waals surface area (Å²) >= 11 is 0. The molecule has 308 valence electrons. The molecule has 4 aliphatic heterocycles. The van der Waals surface area contributed by atoms with Crippen LogP contribution in [0.2, 0.25) is 0 Å². The Kier molecular flexibility index (Phi) is 13.9. The molecule has 1 aromatic rings. The van der Waals surface area contributed by atoms with Crippen molar-refractivity contribution < 1.29 is 43.8 Å². The minimum absolute atomic E-state index is 0.0313. The number of carbonyl (C=O) groups excluding carboxylic acids is 1. The average molecular weight is 763 g/mol. The molecule has 4 saturated heterocycles. The Labute approximate surface area is 323 Å². The number of esters is 1. The topological polar surface area (TPSA) is 147 Å². The van der Waals surface area contributed by atoms with Crippen LogP contribution >= 0.6 is 0 Å². The van der Waals surface area contributed by atoms with Crippen molar-refractivity contribution in [3.63, 3.8) is 0 Å². The van der Waals surface area contributed by atoms with Crippen molar-refractivity contribution >= 4 is 5.97 Å². The number of pyridine rings is 1. The lowest BCUT2D eigenvalue weighted by atomic mass is 9.78. The summed E-state index contributed by atoms with van der Waals surface area (Å²) in [5, 5.41) is 35.0. The highest BCUT2D eigenvalue weighted by molar-refractivity contribution is 5.73. The highest BCUT2D eigenvalue weighted by Crippen LogP contribution is 2.48. The SMILES string of the molecule is CC[C@H]1OC(=O)[C@H](C)[C@H]2OC3(CCN(Cc4ccccn4)CC3)O[C@](C)(C[C@@H](C)CN(C)[C@H](C)[C@@H](O)[C@]1(C)O)[C@H](O[C@@H]1O[C@H](C)C[C@H](N(C)C)[C@H]1O)[C@H]2C. The summed E-state index contributed by atoms with van der Waals surface area (Å²) in [6.45, 7) is 18.0. The molecule has 4 aliphatic rings. The quantitative estimate of drug-likeness (QED) is 0.365. The third-order valence-corrected chi connectivity index (χ3v) is 12.9. The third-order valence-electron chi connectivity index (χ3n) is 12.9. The number of carbonyl (C=O) groups is 1. The molecule has 5 heterocycles. The molecule has 0 aromatic carbocycles. The van der Waals surface area contributed by atoms with Gasteiger partial charge in [-0.2, -0.15) is 0 Å². The predicted molar refractivity (Wildman–Crippen MR) is 204 cm³/mol. The van der Waals surface area contributed by atoms with E-state index in [0.29, 0.717) is 58.3 Å². The van der Waals surface area contributed by atoms with E-state index in [1.807, 2.05) is 83.0 Å². The van der Waals surface area contributed by atoms with Gasteiger partial charge in [0.05, 0.1) is 35.5 Å². The van der Waals surface area contributed by atoms with E-state index in [1.165, 1.54) is 0 Å². The molecule has 13 nitrogen and oxygen atoms in total. The minimum Gasteiger partial charge on any atom is -0.459 e. The van der Waals surface area contributed by atoms with Gasteiger partial charge in [-0.1, -0.05) is 26.8 Å². The van der Waals surface area contributed by atoms with Gasteiger partial charge in [-0.05, 0) is 93.1 Å². The Morgan fingerprint density at radius 3 is 2.37 bits per heavy atom. The molecule has 0 amide bonds. The number of rotatable bonds is 6. The molecule has 13 heteroatoms. The monoisotopic (exact) mass is 763 g/mol. The predicted octanol–water partition coefficient (Wildman–Crippen LogP) is 3.43. The molecule has 1 aromatic heterocycles. The fourth-order valence-corrected chi connectivity index (χ4v) is 9.70. The summed E-state index contributed by atoms with van der Waals surface area (Å²) in [5.74, 6) is -2.77. The van der Waals surface area contributed by atoms with E-state index in [9.17, 15) is 20.1 Å². The van der Waals surface area contributed by atoms with Crippen LogP contribution in [0.3, 0.4) is 0 Å². The summed E-state index contributed by atoms with van der Waals surface area (Å²) in [6.07, 6.45) is -1.13. The van der Waals surface area contributed by atoms with Crippen molar-refractivity contribution in [2.24, 2.45) is 17.8 Å². The van der Waals surface area contributed by atoms with Crippen LogP contribution in [0.5, 0.6) is 0 Å². The normalized spacial score (nSPS) is 43.4. The zero-order valence-corrected chi connectivity index (χ0v) is 34.7. The van der Waals surface area contributed by atoms with Gasteiger partial charge >= 0.3 is 5.97 Å². The van der Waals surface area contributed by atoms with E-state index < -0.39 is 77.6 Å². The molecule has 3 N–H and O–H groups in total. The Bertz CT molecular complexity index is 1360. The third kappa shape index (κ3) is 9.33. The highest BCUT2D eigenvalue weighted by atomic mass is 16.7. The Hall–Kier alpha value is -1.78. The molecule has 5 rings (SSSR count). The molecule has 0 radical (unpaired) electrons. The number of nitrogens with zero attached hydrogens (tertiary/aromatic N) is 4. The van der Waals surface area contributed by atoms with Crippen LogP contribution in [0.25, 0.3) is 0 Å². The van der Waals surface area contributed by atoms with Crippen molar-refractivity contribution in [1.82, 2.24) is 19.7 Å². The molecule has 0 saturated carbocycles. The van der Waals surface area contributed by atoms with Crippen molar-refractivity contribution in [2.45, 2.75) is 166 Å². The highest BCUT2D eigenvalue weighted by Gasteiger charge is 2.58. The van der Waals surface area contributed by atoms with Crippen LogP contribution in [0, 0.1) is 17.8 Å². The Morgan fingerprint density at radius 1 is 1.07 bits per heavy atom. The standard InChI is InChI=1S/C41H70N4O9/c1-12-32-40(8,49)35(47)29(6)44(11)23-25(2)22-39(7)36(52-38-33(46)31(43(9)10)21-26(3)50-38)27(4)34(28(5)37(48)51-32)53-41(54-39)16-19-45(20-17-41)24-30-15-13-14-18-42-30/h13-15,18,25-29,31-36,38,46-47,49H,12,16-17,19-24H2,1-11H3/t25-,26-,27+,28-,29-,31+,32-,33-,34+,35-,36-,38+,39-,40-/m1/s1. The van der Waals surface area contributed by atoms with Crippen molar-refractivity contribution in [3.8, 4) is 0 Å². The van der Waals surface area contributed by atoms with Gasteiger partial charge in [0.15, 0.2) is 12.1 Å². The minimum atomic E-state index is -1.71. The van der Waals surface area contributed by atoms with E-state index in [1.54, 1.807) is 13.8 Å². The zero-order valence-electron chi connectivity index (χ0n) is 34.7. The fraction of sp³-hybridized carbons (Fsp3) is 0.854. The number of likely N-dealkylation sites (N-methyl/N-ethyl adjacent to an activating group) is 2. The second kappa shape index (κ2) is 17.4. The van der Waals surface area contributed by atoms with Gasteiger partial charge in [0.2, 0.25) is 0 Å². The summed E-state index contributed by atoms with van der Waals surface area (Å²) in [7, 11) is 5.85. The lowest BCUT2D eigenvalue weighted by Gasteiger charge is -2.49. The number of cyclic esters (lactones) is 1. The second-order valence-corrected chi connectivity index (χ2v) is 17.8. The largest absolute Gasteiger partial charge is 0.459 e. The first-order valence-electron chi connectivity index (χ1n) is 20.3. The van der Waals surface area contributed by atoms with Crippen LogP contribution in [-0.2, 0) is 35.0 Å². The second-order valence-electron chi connectivity index (χ2n) is 17.8. The van der Waals surface area contributed by atoms with Gasteiger partial charge in [-0.3, -0.25) is 14.7 Å². The van der Waals surface area contributed by atoms with Crippen molar-refractivity contribution in [3.05, 3.63) is 30.1 Å². The maximum Gasteiger partial charge on any atom is 0.311 e. The number of ether oxygens (including phenoxy) is 5. The number of fused-ring (bicyclic) bond motifs is 3. The fourth-order valence-electron chi connectivity index (χ4n) is 9.70. The van der Waals surface area contributed by atoms with Crippen LogP contribution < -0.4 is 0 Å². The Morgan fingerprint density at radius 2 is 1.76 bits per heavy atom. The summed E-state index contributed by atoms with van der Waals surface area (Å²) in [4.78, 5) is 25.3. The first-order valence-corrected chi connectivity index (χ1v) is 20.3. The average Bonchev–Trinajstić information content (AvgIpc) is 3.20. The van der Waals surface area contributed by atoms with Gasteiger partial charge in [0, 0.05) is 63.2 Å². The van der Waals surface area contributed by atoms with Crippen molar-refractivity contribution in [1.29, 1.82) is 0 Å². The summed E-state index contributed by atoms with van der Waals surface area (Å²) in [6, 6.07) is 5.32. The van der Waals surface area contributed by atoms with Gasteiger partial charge in [0.1, 0.15) is 23.9 Å². The molecular formula is C41H70N4O9. The lowest BCUT2D eigenvalue weighted by molar-refractivity contribution is -0.332. The molecule has 4 fully saturated rings. The maximum atomic E-state index is 14.3. The van der Waals surface area contributed by atoms with E-state index in [2.05, 4.69) is 23.7 Å². The molecular weight excluding hydrogens is 692 g/mol. The Balaban J connectivity index is 1.58. The number of hydrogen-bond acceptors (Lipinski definition) is 13. The van der Waals surface area contributed by atoms with Crippen LogP contribution in [0.15, 0.2) is 24.4 Å². The van der Waals surface area contributed by atoms with Crippen LogP contribution in [-0.4, -0.2) is 154 Å². The summed E-state index contributed by atoms with van der Waals surface area (Å²) < 4.78 is 34.2. The first-order chi connectivity index (χ1) is 25.3. The summed E-state index contributed by atoms with van der Waals surface area (Å²) in [5.41, 5.74) is -1.68. The number of piperidine rings is 1. The molecule has 2 bridgehead atoms. The number of aromatic nitrogens is 1. The van der Waals surface area contributed by atoms with Crippen molar-refractivity contribution in [2.75, 3.05) is 40.8 Å². The molecule has 14 atom stereocenters. The van der Waals surface area contributed by atoms with E-state index in [-0.39, 0.29) is 18.1 Å². The first kappa shape index (κ1) is 43.3. The number of aliphatic hydroxyl groups is 3. The van der Waals surface area contributed by atoms with Crippen LogP contribution in [0.1, 0.15) is 93.2 Å². The molecule has 0 unspecified atom stereocenters. The number of likely N-dealkylation sites (tertiary alicyclic amines) is 1. The van der Waals surface area contributed by atoms with Gasteiger partial charge < -0.3 is 48.8 Å². The number of aliphatic hydroxyl groups excluding tert-OH is 2. The van der Waals surface area contributed by atoms with E-state index in [4.69, 9.17) is 23.7 Å². The van der Waals surface area contributed by atoms with Crippen LogP contribution in [0.4, 0.5) is 0 Å². The molecule has 54 heavy (non-hydrogen) atoms. The van der Waals surface area contributed by atoms with Gasteiger partial charge in [-0.25, -0.2) is 0 Å².